The van der Waals surface area contributed by atoms with E-state index in [-0.39, 0.29) is 0 Å². The third-order valence-electron chi connectivity index (χ3n) is 1.53. The predicted molar refractivity (Wildman–Crippen MR) is 48.9 cm³/mol. The first kappa shape index (κ1) is 8.30. The van der Waals surface area contributed by atoms with Crippen molar-refractivity contribution in [1.29, 1.82) is 0 Å². The van der Waals surface area contributed by atoms with Crippen molar-refractivity contribution in [1.82, 2.24) is 0 Å². The minimum absolute atomic E-state index is 0.716. The summed E-state index contributed by atoms with van der Waals surface area (Å²) in [5.74, 6) is 0. The van der Waals surface area contributed by atoms with E-state index in [4.69, 9.17) is 11.3 Å². The van der Waals surface area contributed by atoms with Crippen molar-refractivity contribution < 1.29 is 4.79 Å². The van der Waals surface area contributed by atoms with Gasteiger partial charge >= 0.3 is 6.34 Å². The Hall–Kier alpha value is -1.80. The lowest BCUT2D eigenvalue weighted by atomic mass is 10.3. The van der Waals surface area contributed by atoms with Crippen LogP contribution in [0.3, 0.4) is 0 Å². The highest BCUT2D eigenvalue weighted by atomic mass is 15.1. The van der Waals surface area contributed by atoms with Crippen LogP contribution < -0.4 is 10.6 Å². The summed E-state index contributed by atoms with van der Waals surface area (Å²) in [6, 6.07) is 7.27. The monoisotopic (exact) mass is 162 g/mol. The highest BCUT2D eigenvalue weighted by molar-refractivity contribution is 5.75. The lowest BCUT2D eigenvalue weighted by Crippen LogP contribution is -2.14. The molecule has 1 aromatic rings. The molecule has 0 bridgehead atoms. The number of hydrogen-bond donors (Lipinski definition) is 1. The Kier molecular flexibility index (Phi) is 2.46. The fourth-order valence-electron chi connectivity index (χ4n) is 0.854. The van der Waals surface area contributed by atoms with Gasteiger partial charge in [0, 0.05) is 5.69 Å². The second-order valence-electron chi connectivity index (χ2n) is 2.43. The number of nitrogens with two attached hydrogens (primary N) is 1. The molecule has 0 aliphatic heterocycles. The van der Waals surface area contributed by atoms with Crippen LogP contribution in [-0.4, -0.2) is 18.2 Å². The third kappa shape index (κ3) is 1.84. The summed E-state index contributed by atoms with van der Waals surface area (Å²) in [7, 11) is 1.78. The summed E-state index contributed by atoms with van der Waals surface area (Å²) in [5.41, 5.74) is 15.4. The van der Waals surface area contributed by atoms with Gasteiger partial charge in [0.25, 0.3) is 0 Å². The average molecular weight is 162 g/mol. The maximum atomic E-state index is 8.26. The fourth-order valence-corrected chi connectivity index (χ4v) is 0.854. The Morgan fingerprint density at radius 1 is 1.42 bits per heavy atom. The van der Waals surface area contributed by atoms with E-state index < -0.39 is 0 Å². The minimum atomic E-state index is 0.716. The normalized spacial score (nSPS) is 8.75. The average Bonchev–Trinajstić information content (AvgIpc) is 2.06. The molecule has 0 aromatic heterocycles. The van der Waals surface area contributed by atoms with E-state index in [1.54, 1.807) is 24.1 Å². The Morgan fingerprint density at radius 2 is 2.00 bits per heavy atom. The van der Waals surface area contributed by atoms with Crippen LogP contribution in [-0.2, 0) is 0 Å². The molecule has 0 saturated carbocycles. The SMILES string of the molecule is CN(C=[N+]=[N-])c1ccc(N)cc1. The summed E-state index contributed by atoms with van der Waals surface area (Å²) in [5, 5.41) is 0. The van der Waals surface area contributed by atoms with Crippen LogP contribution in [0, 0.1) is 0 Å². The predicted octanol–water partition coefficient (Wildman–Crippen LogP) is 0.963. The van der Waals surface area contributed by atoms with E-state index in [1.807, 2.05) is 12.1 Å². The van der Waals surface area contributed by atoms with Crippen LogP contribution in [0.2, 0.25) is 0 Å². The molecule has 2 N–H and O–H groups in total. The molecule has 0 radical (unpaired) electrons. The Labute approximate surface area is 70.8 Å². The molecule has 0 aliphatic rings. The Balaban J connectivity index is 2.89. The lowest BCUT2D eigenvalue weighted by Gasteiger charge is -2.03. The first-order valence-corrected chi connectivity index (χ1v) is 3.50. The summed E-state index contributed by atoms with van der Waals surface area (Å²) < 4.78 is 0. The zero-order chi connectivity index (χ0) is 8.97. The van der Waals surface area contributed by atoms with Crippen molar-refractivity contribution in [2.24, 2.45) is 0 Å². The van der Waals surface area contributed by atoms with E-state index >= 15 is 0 Å². The molecule has 0 amide bonds. The first-order valence-electron chi connectivity index (χ1n) is 3.50. The summed E-state index contributed by atoms with van der Waals surface area (Å²) in [6.07, 6.45) is 1.31. The standard InChI is InChI=1S/C8H10N4/c1-12(6-11-10)8-4-2-7(9)3-5-8/h2-6H,9H2,1H3. The van der Waals surface area contributed by atoms with Crippen LogP contribution in [0.25, 0.3) is 5.53 Å². The molecule has 1 rings (SSSR count). The Bertz CT molecular complexity index is 297. The molecule has 0 saturated heterocycles. The maximum Gasteiger partial charge on any atom is 0.321 e. The van der Waals surface area contributed by atoms with E-state index in [9.17, 15) is 0 Å². The number of rotatable bonds is 2. The van der Waals surface area contributed by atoms with Crippen LogP contribution in [0.1, 0.15) is 0 Å². The number of anilines is 2. The highest BCUT2D eigenvalue weighted by Gasteiger charge is 2.02. The quantitative estimate of drug-likeness (QED) is 0.231. The van der Waals surface area contributed by atoms with Gasteiger partial charge in [0.15, 0.2) is 0 Å². The summed E-state index contributed by atoms with van der Waals surface area (Å²) in [6.45, 7) is 0. The molecule has 0 heterocycles. The summed E-state index contributed by atoms with van der Waals surface area (Å²) >= 11 is 0. The van der Waals surface area contributed by atoms with Crippen molar-refractivity contribution in [2.45, 2.75) is 0 Å². The van der Waals surface area contributed by atoms with Gasteiger partial charge in [-0.25, -0.2) is 4.90 Å². The van der Waals surface area contributed by atoms with Crippen molar-refractivity contribution in [3.05, 3.63) is 29.8 Å². The number of nitrogens with zero attached hydrogens (tertiary/aromatic N) is 3. The van der Waals surface area contributed by atoms with Gasteiger partial charge in [-0.3, -0.25) is 0 Å². The highest BCUT2D eigenvalue weighted by Crippen LogP contribution is 2.12. The molecular formula is C8H10N4. The van der Waals surface area contributed by atoms with E-state index in [1.165, 1.54) is 6.34 Å². The zero-order valence-corrected chi connectivity index (χ0v) is 6.81. The van der Waals surface area contributed by atoms with E-state index in [0.717, 1.165) is 5.69 Å². The molecule has 62 valence electrons. The number of benzene rings is 1. The van der Waals surface area contributed by atoms with Crippen molar-refractivity contribution >= 4 is 17.7 Å². The second kappa shape index (κ2) is 3.55. The second-order valence-corrected chi connectivity index (χ2v) is 2.43. The van der Waals surface area contributed by atoms with Crippen molar-refractivity contribution in [3.8, 4) is 0 Å². The largest absolute Gasteiger partial charge is 0.498 e. The molecule has 0 atom stereocenters. The number of nitrogen functional groups attached to an aromatic ring is 1. The summed E-state index contributed by atoms with van der Waals surface area (Å²) in [4.78, 5) is 4.58. The third-order valence-corrected chi connectivity index (χ3v) is 1.53. The molecule has 4 nitrogen and oxygen atoms in total. The van der Waals surface area contributed by atoms with Crippen molar-refractivity contribution in [3.63, 3.8) is 0 Å². The van der Waals surface area contributed by atoms with Crippen LogP contribution in [0.5, 0.6) is 0 Å². The zero-order valence-electron chi connectivity index (χ0n) is 6.81. The van der Waals surface area contributed by atoms with Gasteiger partial charge in [-0.1, -0.05) is 0 Å². The minimum Gasteiger partial charge on any atom is -0.498 e. The molecular weight excluding hydrogens is 152 g/mol. The van der Waals surface area contributed by atoms with Gasteiger partial charge in [0.1, 0.15) is 5.69 Å². The molecule has 12 heavy (non-hydrogen) atoms. The topological polar surface area (TPSA) is 65.7 Å². The van der Waals surface area contributed by atoms with E-state index in [0.29, 0.717) is 5.69 Å². The van der Waals surface area contributed by atoms with E-state index in [2.05, 4.69) is 4.79 Å². The first-order chi connectivity index (χ1) is 5.74. The smallest absolute Gasteiger partial charge is 0.321 e. The van der Waals surface area contributed by atoms with Gasteiger partial charge in [0.2, 0.25) is 0 Å². The molecule has 4 heteroatoms. The molecule has 1 aromatic carbocycles. The van der Waals surface area contributed by atoms with Gasteiger partial charge in [0.05, 0.1) is 7.05 Å². The molecule has 0 unspecified atom stereocenters. The van der Waals surface area contributed by atoms with Crippen LogP contribution >= 0.6 is 0 Å². The van der Waals surface area contributed by atoms with Gasteiger partial charge in [-0.15, -0.1) is 0 Å². The van der Waals surface area contributed by atoms with Crippen molar-refractivity contribution in [2.75, 3.05) is 17.7 Å². The van der Waals surface area contributed by atoms with Crippen LogP contribution in [0.15, 0.2) is 24.3 Å². The maximum absolute atomic E-state index is 8.26. The lowest BCUT2D eigenvalue weighted by molar-refractivity contribution is 0.00163. The molecule has 0 fully saturated rings. The number of hydrogen-bond acceptors (Lipinski definition) is 1. The van der Waals surface area contributed by atoms with Gasteiger partial charge in [-0.05, 0) is 24.3 Å². The Morgan fingerprint density at radius 3 is 2.50 bits per heavy atom. The van der Waals surface area contributed by atoms with Gasteiger partial charge in [-0.2, -0.15) is 0 Å². The fraction of sp³-hybridized carbons (Fsp3) is 0.125. The molecule has 0 aliphatic carbocycles. The molecule has 0 spiro atoms. The van der Waals surface area contributed by atoms with Gasteiger partial charge < -0.3 is 16.1 Å². The van der Waals surface area contributed by atoms with Crippen LogP contribution in [0.4, 0.5) is 11.4 Å².